The summed E-state index contributed by atoms with van der Waals surface area (Å²) in [5.41, 5.74) is 2.43. The second kappa shape index (κ2) is 38.1. The quantitative estimate of drug-likeness (QED) is 0.0438. The van der Waals surface area contributed by atoms with Crippen molar-refractivity contribution in [3.63, 3.8) is 0 Å². The van der Waals surface area contributed by atoms with E-state index in [0.29, 0.717) is 165 Å². The molecule has 348 valence electrons. The Labute approximate surface area is 368 Å². The highest BCUT2D eigenvalue weighted by Gasteiger charge is 2.37. The van der Waals surface area contributed by atoms with Crippen LogP contribution in [0.3, 0.4) is 0 Å². The van der Waals surface area contributed by atoms with Crippen molar-refractivity contribution in [2.45, 2.75) is 12.0 Å². The van der Waals surface area contributed by atoms with Crippen molar-refractivity contribution in [2.75, 3.05) is 172 Å². The van der Waals surface area contributed by atoms with Crippen LogP contribution in [0, 0.1) is 0 Å². The van der Waals surface area contributed by atoms with Gasteiger partial charge in [0.2, 0.25) is 0 Å². The normalized spacial score (nSPS) is 11.6. The number of carbonyl (C=O) groups is 1. The number of rotatable bonds is 43. The molecule has 0 bridgehead atoms. The van der Waals surface area contributed by atoms with Crippen LogP contribution in [0.2, 0.25) is 0 Å². The van der Waals surface area contributed by atoms with E-state index in [9.17, 15) is 4.79 Å². The SMILES string of the molecule is COC(=O)CCOCCOCCOCCOCCOCCOCCOCCOCCOCCOCCOCCOCCOC(c1ccccc1)(c1ccccc1)c1ccccc1. The zero-order valence-corrected chi connectivity index (χ0v) is 36.7. The molecule has 0 radical (unpaired) electrons. The Morgan fingerprint density at radius 2 is 0.532 bits per heavy atom. The summed E-state index contributed by atoms with van der Waals surface area (Å²) in [5, 5.41) is 0. The summed E-state index contributed by atoms with van der Waals surface area (Å²) < 4.78 is 77.6. The van der Waals surface area contributed by atoms with E-state index in [-0.39, 0.29) is 12.4 Å². The molecular formula is C47H70O15. The molecule has 0 aliphatic rings. The molecule has 0 aliphatic heterocycles. The van der Waals surface area contributed by atoms with E-state index in [2.05, 4.69) is 41.1 Å². The second-order valence-corrected chi connectivity index (χ2v) is 13.3. The van der Waals surface area contributed by atoms with Crippen LogP contribution in [0.25, 0.3) is 0 Å². The van der Waals surface area contributed by atoms with Crippen LogP contribution in [-0.4, -0.2) is 178 Å². The molecule has 0 fully saturated rings. The second-order valence-electron chi connectivity index (χ2n) is 13.3. The van der Waals surface area contributed by atoms with E-state index < -0.39 is 5.60 Å². The van der Waals surface area contributed by atoms with Crippen molar-refractivity contribution < 1.29 is 71.1 Å². The number of benzene rings is 3. The molecule has 0 atom stereocenters. The van der Waals surface area contributed by atoms with Crippen LogP contribution < -0.4 is 0 Å². The van der Waals surface area contributed by atoms with Gasteiger partial charge < -0.3 is 66.3 Å². The zero-order valence-electron chi connectivity index (χ0n) is 36.7. The summed E-state index contributed by atoms with van der Waals surface area (Å²) in [4.78, 5) is 11.0. The number of methoxy groups -OCH3 is 1. The van der Waals surface area contributed by atoms with Gasteiger partial charge in [-0.2, -0.15) is 0 Å². The van der Waals surface area contributed by atoms with Crippen LogP contribution in [0.4, 0.5) is 0 Å². The largest absolute Gasteiger partial charge is 0.469 e. The topological polar surface area (TPSA) is 146 Å². The lowest BCUT2D eigenvalue weighted by molar-refractivity contribution is -0.141. The third kappa shape index (κ3) is 25.0. The van der Waals surface area contributed by atoms with Gasteiger partial charge >= 0.3 is 5.97 Å². The average molecular weight is 875 g/mol. The Bertz CT molecular complexity index is 1320. The van der Waals surface area contributed by atoms with Crippen LogP contribution in [0.5, 0.6) is 0 Å². The Morgan fingerprint density at radius 3 is 0.758 bits per heavy atom. The highest BCUT2D eigenvalue weighted by atomic mass is 16.6. The maximum atomic E-state index is 11.0. The molecule has 0 amide bonds. The number of ether oxygens (including phenoxy) is 14. The van der Waals surface area contributed by atoms with E-state index in [1.165, 1.54) is 7.11 Å². The molecular weight excluding hydrogens is 805 g/mol. The third-order valence-electron chi connectivity index (χ3n) is 8.86. The number of carbonyl (C=O) groups excluding carboxylic acids is 1. The lowest BCUT2D eigenvalue weighted by atomic mass is 9.80. The van der Waals surface area contributed by atoms with Gasteiger partial charge in [-0.25, -0.2) is 0 Å². The summed E-state index contributed by atoms with van der Waals surface area (Å²) in [6.07, 6.45) is 0.240. The molecule has 3 aromatic carbocycles. The fraction of sp³-hybridized carbons (Fsp3) is 0.596. The molecule has 0 aromatic heterocycles. The first-order valence-electron chi connectivity index (χ1n) is 21.6. The number of esters is 1. The standard InChI is InChI=1S/C47H70O15/c1-49-46(48)17-18-50-19-20-51-21-22-52-23-24-53-25-26-54-27-28-55-29-30-56-31-32-57-33-34-58-35-36-59-37-38-60-39-40-61-41-42-62-47(43-11-5-2-6-12-43,44-13-7-3-8-14-44)45-15-9-4-10-16-45/h2-16H,17-42H2,1H3. The monoisotopic (exact) mass is 874 g/mol. The molecule has 0 aliphatic carbocycles. The Hall–Kier alpha value is -3.39. The molecule has 0 saturated carbocycles. The van der Waals surface area contributed by atoms with Gasteiger partial charge in [-0.15, -0.1) is 0 Å². The van der Waals surface area contributed by atoms with E-state index in [0.717, 1.165) is 16.7 Å². The van der Waals surface area contributed by atoms with Gasteiger partial charge in [-0.1, -0.05) is 91.0 Å². The molecule has 0 saturated heterocycles. The average Bonchev–Trinajstić information content (AvgIpc) is 3.31. The van der Waals surface area contributed by atoms with Gasteiger partial charge in [0.1, 0.15) is 5.60 Å². The minimum Gasteiger partial charge on any atom is -0.469 e. The lowest BCUT2D eigenvalue weighted by Crippen LogP contribution is -2.34. The highest BCUT2D eigenvalue weighted by Crippen LogP contribution is 2.40. The van der Waals surface area contributed by atoms with Gasteiger partial charge in [-0.3, -0.25) is 4.79 Å². The van der Waals surface area contributed by atoms with Crippen LogP contribution in [0.1, 0.15) is 23.1 Å². The minimum atomic E-state index is -0.758. The summed E-state index contributed by atoms with van der Waals surface area (Å²) in [6, 6.07) is 31.0. The maximum absolute atomic E-state index is 11.0. The molecule has 0 heterocycles. The fourth-order valence-electron chi connectivity index (χ4n) is 5.80. The van der Waals surface area contributed by atoms with Crippen molar-refractivity contribution >= 4 is 5.97 Å². The van der Waals surface area contributed by atoms with Crippen molar-refractivity contribution in [3.05, 3.63) is 108 Å². The molecule has 15 heteroatoms. The van der Waals surface area contributed by atoms with E-state index in [1.807, 2.05) is 54.6 Å². The molecule has 3 rings (SSSR count). The summed E-state index contributed by atoms with van der Waals surface area (Å²) in [6.45, 7) is 11.7. The van der Waals surface area contributed by atoms with Crippen molar-refractivity contribution in [2.24, 2.45) is 0 Å². The van der Waals surface area contributed by atoms with E-state index >= 15 is 0 Å². The zero-order chi connectivity index (χ0) is 43.7. The first-order chi connectivity index (χ1) is 30.8. The fourth-order valence-corrected chi connectivity index (χ4v) is 5.80. The van der Waals surface area contributed by atoms with Gasteiger partial charge in [0.05, 0.1) is 179 Å². The Balaban J connectivity index is 0.998. The third-order valence-corrected chi connectivity index (χ3v) is 8.86. The van der Waals surface area contributed by atoms with Crippen LogP contribution >= 0.6 is 0 Å². The van der Waals surface area contributed by atoms with E-state index in [4.69, 9.17) is 61.6 Å². The lowest BCUT2D eigenvalue weighted by Gasteiger charge is -2.36. The summed E-state index contributed by atoms with van der Waals surface area (Å²) in [7, 11) is 1.35. The molecule has 15 nitrogen and oxygen atoms in total. The van der Waals surface area contributed by atoms with Crippen LogP contribution in [0.15, 0.2) is 91.0 Å². The minimum absolute atomic E-state index is 0.240. The summed E-state index contributed by atoms with van der Waals surface area (Å²) >= 11 is 0. The Morgan fingerprint density at radius 1 is 0.323 bits per heavy atom. The molecule has 0 N–H and O–H groups in total. The predicted octanol–water partition coefficient (Wildman–Crippen LogP) is 4.76. The van der Waals surface area contributed by atoms with Crippen molar-refractivity contribution in [3.8, 4) is 0 Å². The molecule has 0 spiro atoms. The highest BCUT2D eigenvalue weighted by molar-refractivity contribution is 5.69. The van der Waals surface area contributed by atoms with Crippen molar-refractivity contribution in [1.82, 2.24) is 0 Å². The van der Waals surface area contributed by atoms with Gasteiger partial charge in [-0.05, 0) is 16.7 Å². The first kappa shape index (κ1) is 53.0. The predicted molar refractivity (Wildman–Crippen MR) is 232 cm³/mol. The van der Waals surface area contributed by atoms with Crippen molar-refractivity contribution in [1.29, 1.82) is 0 Å². The van der Waals surface area contributed by atoms with E-state index in [1.54, 1.807) is 0 Å². The maximum Gasteiger partial charge on any atom is 0.307 e. The smallest absolute Gasteiger partial charge is 0.307 e. The molecule has 0 unspecified atom stereocenters. The van der Waals surface area contributed by atoms with Gasteiger partial charge in [0.15, 0.2) is 0 Å². The Kier molecular flexibility index (Phi) is 32.5. The summed E-state index contributed by atoms with van der Waals surface area (Å²) in [5.74, 6) is -0.288. The number of hydrogen-bond donors (Lipinski definition) is 0. The first-order valence-corrected chi connectivity index (χ1v) is 21.6. The van der Waals surface area contributed by atoms with Gasteiger partial charge in [0, 0.05) is 0 Å². The number of hydrogen-bond acceptors (Lipinski definition) is 15. The van der Waals surface area contributed by atoms with Crippen LogP contribution in [-0.2, 0) is 76.7 Å². The van der Waals surface area contributed by atoms with Gasteiger partial charge in [0.25, 0.3) is 0 Å². The molecule has 62 heavy (non-hydrogen) atoms. The molecule has 3 aromatic rings.